The molecule has 0 amide bonds. The molecule has 5 aliphatic carbocycles. The molecule has 230 valence electrons. The van der Waals surface area contributed by atoms with Gasteiger partial charge in [0.05, 0.1) is 23.0 Å². The highest BCUT2D eigenvalue weighted by molar-refractivity contribution is 5.91. The van der Waals surface area contributed by atoms with Crippen LogP contribution in [0.1, 0.15) is 48.8 Å². The molecule has 1 heterocycles. The summed E-state index contributed by atoms with van der Waals surface area (Å²) in [7, 11) is 0. The molecule has 0 radical (unpaired) electrons. The second-order valence-corrected chi connectivity index (χ2v) is 14.7. The summed E-state index contributed by atoms with van der Waals surface area (Å²) in [5.74, 6) is 3.01. The van der Waals surface area contributed by atoms with Crippen molar-refractivity contribution in [3.63, 3.8) is 0 Å². The van der Waals surface area contributed by atoms with Gasteiger partial charge in [-0.3, -0.25) is 0 Å². The number of benzene rings is 5. The van der Waals surface area contributed by atoms with E-state index < -0.39 is 0 Å². The van der Waals surface area contributed by atoms with Crippen molar-refractivity contribution >= 4 is 0 Å². The fourth-order valence-electron chi connectivity index (χ4n) is 10.6. The highest BCUT2D eigenvalue weighted by Gasteiger charge is 2.62. The first-order valence-electron chi connectivity index (χ1n) is 17.6. The van der Waals surface area contributed by atoms with Gasteiger partial charge in [-0.1, -0.05) is 103 Å². The van der Waals surface area contributed by atoms with E-state index in [0.29, 0.717) is 11.8 Å². The Morgan fingerprint density at radius 1 is 0.500 bits per heavy atom. The van der Waals surface area contributed by atoms with Gasteiger partial charge >= 0.3 is 0 Å². The van der Waals surface area contributed by atoms with Crippen LogP contribution in [0.15, 0.2) is 133 Å². The Morgan fingerprint density at radius 3 is 1.75 bits per heavy atom. The third kappa shape index (κ3) is 4.07. The molecule has 11 rings (SSSR count). The van der Waals surface area contributed by atoms with Crippen molar-refractivity contribution in [3.05, 3.63) is 150 Å². The summed E-state index contributed by atoms with van der Waals surface area (Å²) in [6.07, 6.45) is 6.74. The van der Waals surface area contributed by atoms with Gasteiger partial charge in [0.15, 0.2) is 0 Å². The predicted molar refractivity (Wildman–Crippen MR) is 194 cm³/mol. The van der Waals surface area contributed by atoms with E-state index in [1.54, 1.807) is 0 Å². The molecule has 2 nitrogen and oxygen atoms in total. The molecule has 4 bridgehead atoms. The molecule has 6 aromatic rings. The summed E-state index contributed by atoms with van der Waals surface area (Å²) in [4.78, 5) is 5.18. The van der Waals surface area contributed by atoms with Gasteiger partial charge in [0.2, 0.25) is 0 Å². The van der Waals surface area contributed by atoms with E-state index in [1.807, 2.05) is 6.07 Å². The molecule has 0 aliphatic heterocycles. The Balaban J connectivity index is 1.20. The van der Waals surface area contributed by atoms with Gasteiger partial charge in [-0.05, 0) is 131 Å². The maximum Gasteiger partial charge on any atom is 0.0991 e. The van der Waals surface area contributed by atoms with E-state index in [0.717, 1.165) is 39.9 Å². The zero-order valence-corrected chi connectivity index (χ0v) is 26.9. The number of rotatable bonds is 4. The van der Waals surface area contributed by atoms with E-state index >= 15 is 0 Å². The molecule has 4 saturated carbocycles. The topological polar surface area (TPSA) is 36.7 Å². The molecular formula is C46H36N2. The first-order valence-corrected chi connectivity index (χ1v) is 17.6. The van der Waals surface area contributed by atoms with Crippen molar-refractivity contribution in [2.45, 2.75) is 37.5 Å². The van der Waals surface area contributed by atoms with Gasteiger partial charge < -0.3 is 0 Å². The first kappa shape index (κ1) is 27.8. The third-order valence-corrected chi connectivity index (χ3v) is 12.3. The number of hydrogen-bond acceptors (Lipinski definition) is 2. The Bertz CT molecular complexity index is 2170. The number of pyridine rings is 1. The lowest BCUT2D eigenvalue weighted by Gasteiger charge is -2.61. The zero-order valence-electron chi connectivity index (χ0n) is 26.9. The lowest BCUT2D eigenvalue weighted by molar-refractivity contribution is -0.0397. The normalized spacial score (nSPS) is 24.3. The minimum absolute atomic E-state index is 0.00904. The molecule has 48 heavy (non-hydrogen) atoms. The molecular weight excluding hydrogens is 581 g/mol. The first-order chi connectivity index (χ1) is 23.7. The van der Waals surface area contributed by atoms with Crippen LogP contribution >= 0.6 is 0 Å². The van der Waals surface area contributed by atoms with Gasteiger partial charge in [-0.25, -0.2) is 4.98 Å². The smallest absolute Gasteiger partial charge is 0.0991 e. The molecule has 5 aliphatic rings. The number of fused-ring (bicyclic) bond motifs is 3. The Hall–Kier alpha value is -5.26. The largest absolute Gasteiger partial charge is 0.248 e. The Labute approximate surface area is 282 Å². The molecule has 2 heteroatoms. The highest BCUT2D eigenvalue weighted by atomic mass is 14.7. The fraction of sp³-hybridized carbons (Fsp3) is 0.217. The number of nitriles is 1. The van der Waals surface area contributed by atoms with Gasteiger partial charge in [0.1, 0.15) is 0 Å². The van der Waals surface area contributed by atoms with Crippen LogP contribution in [0.3, 0.4) is 0 Å². The highest BCUT2D eigenvalue weighted by Crippen LogP contribution is 2.70. The van der Waals surface area contributed by atoms with Crippen molar-refractivity contribution in [3.8, 4) is 62.0 Å². The van der Waals surface area contributed by atoms with Crippen molar-refractivity contribution in [1.29, 1.82) is 5.26 Å². The average Bonchev–Trinajstić information content (AvgIpc) is 3.44. The minimum Gasteiger partial charge on any atom is -0.248 e. The zero-order chi connectivity index (χ0) is 31.8. The lowest BCUT2D eigenvalue weighted by Crippen LogP contribution is -2.55. The summed E-state index contributed by atoms with van der Waals surface area (Å²) < 4.78 is 0. The summed E-state index contributed by atoms with van der Waals surface area (Å²) in [6, 6.07) is 50.7. The Kier molecular flexibility index (Phi) is 6.16. The number of hydrogen-bond donors (Lipinski definition) is 0. The van der Waals surface area contributed by atoms with Crippen LogP contribution in [0.4, 0.5) is 0 Å². The molecule has 4 fully saturated rings. The van der Waals surface area contributed by atoms with E-state index in [9.17, 15) is 5.26 Å². The average molecular weight is 617 g/mol. The van der Waals surface area contributed by atoms with Crippen LogP contribution in [0.2, 0.25) is 0 Å². The lowest BCUT2D eigenvalue weighted by atomic mass is 9.42. The van der Waals surface area contributed by atoms with Crippen molar-refractivity contribution in [2.24, 2.45) is 23.7 Å². The van der Waals surface area contributed by atoms with Crippen LogP contribution in [0, 0.1) is 35.0 Å². The molecule has 0 N–H and O–H groups in total. The van der Waals surface area contributed by atoms with Crippen LogP contribution in [0.25, 0.3) is 55.9 Å². The number of nitrogens with zero attached hydrogens (tertiary/aromatic N) is 2. The summed E-state index contributed by atoms with van der Waals surface area (Å²) in [6.45, 7) is 0. The SMILES string of the molecule is N#Cc1cccc(-c2cccc3c2C2(c4cc(-c5cc(-c6ccccc6)nc(-c6ccccc6)c5)ccc4-3)C3CC4CC(C3)CC2C4)c1. The molecule has 1 spiro atoms. The van der Waals surface area contributed by atoms with Crippen LogP contribution in [-0.2, 0) is 5.41 Å². The van der Waals surface area contributed by atoms with E-state index in [2.05, 4.69) is 133 Å². The van der Waals surface area contributed by atoms with Gasteiger partial charge in [0, 0.05) is 16.5 Å². The summed E-state index contributed by atoms with van der Waals surface area (Å²) in [5, 5.41) is 9.82. The van der Waals surface area contributed by atoms with Gasteiger partial charge in [0.25, 0.3) is 0 Å². The van der Waals surface area contributed by atoms with E-state index in [4.69, 9.17) is 4.98 Å². The predicted octanol–water partition coefficient (Wildman–Crippen LogP) is 11.3. The number of aromatic nitrogens is 1. The van der Waals surface area contributed by atoms with Crippen LogP contribution in [-0.4, -0.2) is 4.98 Å². The van der Waals surface area contributed by atoms with E-state index in [1.165, 1.54) is 76.6 Å². The van der Waals surface area contributed by atoms with E-state index in [-0.39, 0.29) is 5.41 Å². The third-order valence-electron chi connectivity index (χ3n) is 12.3. The standard InChI is InChI=1S/C46H36N2/c47-28-29-9-7-14-35(20-29)39-15-8-16-41-40-18-17-34(25-42(40)46(45(39)41)37-21-30-19-31(23-37)24-38(46)22-30)36-26-43(32-10-3-1-4-11-32)48-44(27-36)33-12-5-2-6-13-33/h1-18,20,25-27,30-31,37-38H,19,21-24H2. The van der Waals surface area contributed by atoms with Crippen LogP contribution in [0.5, 0.6) is 0 Å². The quantitative estimate of drug-likeness (QED) is 0.198. The van der Waals surface area contributed by atoms with Gasteiger partial charge in [-0.2, -0.15) is 5.26 Å². The maximum absolute atomic E-state index is 9.82. The Morgan fingerprint density at radius 2 is 1.10 bits per heavy atom. The van der Waals surface area contributed by atoms with Gasteiger partial charge in [-0.15, -0.1) is 0 Å². The molecule has 0 unspecified atom stereocenters. The maximum atomic E-state index is 9.82. The minimum atomic E-state index is -0.00904. The van der Waals surface area contributed by atoms with Crippen LogP contribution < -0.4 is 0 Å². The summed E-state index contributed by atoms with van der Waals surface area (Å²) >= 11 is 0. The second-order valence-electron chi connectivity index (χ2n) is 14.7. The monoisotopic (exact) mass is 616 g/mol. The van der Waals surface area contributed by atoms with Crippen molar-refractivity contribution in [1.82, 2.24) is 4.98 Å². The molecule has 1 aromatic heterocycles. The fourth-order valence-corrected chi connectivity index (χ4v) is 10.6. The summed E-state index contributed by atoms with van der Waals surface area (Å²) in [5.41, 5.74) is 15.8. The van der Waals surface area contributed by atoms with Crippen molar-refractivity contribution in [2.75, 3.05) is 0 Å². The second kappa shape index (κ2) is 10.6. The molecule has 5 aromatic carbocycles. The molecule has 0 saturated heterocycles. The molecule has 0 atom stereocenters. The van der Waals surface area contributed by atoms with Crippen molar-refractivity contribution < 1.29 is 0 Å².